The highest BCUT2D eigenvalue weighted by molar-refractivity contribution is 9.10. The number of carbonyl (C=O) groups is 1. The Morgan fingerprint density at radius 3 is 2.62 bits per heavy atom. The molecule has 0 unspecified atom stereocenters. The van der Waals surface area contributed by atoms with E-state index in [4.69, 9.17) is 0 Å². The Balaban J connectivity index is 1.66. The van der Waals surface area contributed by atoms with Crippen LogP contribution in [0.15, 0.2) is 56.5 Å². The summed E-state index contributed by atoms with van der Waals surface area (Å²) in [4.78, 5) is 36.4. The topological polar surface area (TPSA) is 84.0 Å². The highest BCUT2D eigenvalue weighted by Crippen LogP contribution is 2.16. The summed E-state index contributed by atoms with van der Waals surface area (Å²) in [5.74, 6) is -0.753. The summed E-state index contributed by atoms with van der Waals surface area (Å²) in [5, 5.41) is 5.64. The van der Waals surface area contributed by atoms with Crippen molar-refractivity contribution in [2.24, 2.45) is 0 Å². The number of fused-ring (bicyclic) bond motifs is 1. The van der Waals surface area contributed by atoms with Gasteiger partial charge >= 0.3 is 0 Å². The van der Waals surface area contributed by atoms with Gasteiger partial charge in [0.05, 0.1) is 15.2 Å². The number of carbonyl (C=O) groups excluding carboxylic acids is 1. The smallest absolute Gasteiger partial charge is 0.273 e. The normalized spacial score (nSPS) is 10.8. The lowest BCUT2D eigenvalue weighted by molar-refractivity contribution is -0.121. The molecule has 26 heavy (non-hydrogen) atoms. The van der Waals surface area contributed by atoms with Crippen LogP contribution in [-0.4, -0.2) is 22.2 Å². The molecule has 0 bridgehead atoms. The van der Waals surface area contributed by atoms with Gasteiger partial charge in [-0.2, -0.15) is 0 Å². The third kappa shape index (κ3) is 3.91. The van der Waals surface area contributed by atoms with Crippen molar-refractivity contribution in [3.63, 3.8) is 0 Å². The number of aromatic amines is 1. The molecule has 0 aliphatic carbocycles. The number of hydrogen-bond donors (Lipinski definition) is 2. The van der Waals surface area contributed by atoms with Gasteiger partial charge in [0, 0.05) is 6.54 Å². The van der Waals surface area contributed by atoms with Gasteiger partial charge in [-0.15, -0.1) is 0 Å². The molecule has 0 atom stereocenters. The molecule has 3 aromatic rings. The quantitative estimate of drug-likeness (QED) is 0.662. The van der Waals surface area contributed by atoms with Crippen molar-refractivity contribution in [3.8, 4) is 0 Å². The molecule has 0 radical (unpaired) electrons. The van der Waals surface area contributed by atoms with Crippen molar-refractivity contribution in [2.75, 3.05) is 6.54 Å². The highest BCUT2D eigenvalue weighted by atomic mass is 79.9. The second-order valence-corrected chi connectivity index (χ2v) is 6.58. The number of halogens is 2. The van der Waals surface area contributed by atoms with E-state index in [0.29, 0.717) is 17.4 Å². The lowest BCUT2D eigenvalue weighted by Crippen LogP contribution is -2.37. The summed E-state index contributed by atoms with van der Waals surface area (Å²) in [6.45, 7) is 0.0372. The van der Waals surface area contributed by atoms with Crippen LogP contribution in [0.25, 0.3) is 10.8 Å². The molecule has 2 N–H and O–H groups in total. The minimum atomic E-state index is -0.433. The first kappa shape index (κ1) is 18.1. The molecule has 0 spiro atoms. The van der Waals surface area contributed by atoms with E-state index in [1.807, 2.05) is 0 Å². The molecular formula is C18H15BrFN3O3. The van der Waals surface area contributed by atoms with Crippen LogP contribution in [0.1, 0.15) is 5.56 Å². The molecule has 0 saturated carbocycles. The Morgan fingerprint density at radius 1 is 1.15 bits per heavy atom. The van der Waals surface area contributed by atoms with Gasteiger partial charge in [0.2, 0.25) is 5.91 Å². The zero-order valence-electron chi connectivity index (χ0n) is 13.6. The van der Waals surface area contributed by atoms with E-state index in [2.05, 4.69) is 26.3 Å². The highest BCUT2D eigenvalue weighted by Gasteiger charge is 2.10. The molecular weight excluding hydrogens is 405 g/mol. The molecule has 8 heteroatoms. The van der Waals surface area contributed by atoms with Gasteiger partial charge in [-0.25, -0.2) is 9.07 Å². The number of aromatic nitrogens is 2. The van der Waals surface area contributed by atoms with Gasteiger partial charge in [0.25, 0.3) is 11.1 Å². The lowest BCUT2D eigenvalue weighted by Gasteiger charge is -2.08. The number of amides is 1. The number of hydrogen-bond acceptors (Lipinski definition) is 3. The van der Waals surface area contributed by atoms with E-state index < -0.39 is 17.0 Å². The van der Waals surface area contributed by atoms with E-state index in [9.17, 15) is 18.8 Å². The minimum Gasteiger partial charge on any atom is -0.354 e. The summed E-state index contributed by atoms with van der Waals surface area (Å²) < 4.78 is 14.6. The Morgan fingerprint density at radius 2 is 1.88 bits per heavy atom. The van der Waals surface area contributed by atoms with Gasteiger partial charge in [-0.3, -0.25) is 19.5 Å². The first-order valence-corrected chi connectivity index (χ1v) is 8.67. The molecule has 6 nitrogen and oxygen atoms in total. The van der Waals surface area contributed by atoms with Crippen LogP contribution in [-0.2, 0) is 17.8 Å². The zero-order valence-corrected chi connectivity index (χ0v) is 15.2. The van der Waals surface area contributed by atoms with Crippen LogP contribution in [0, 0.1) is 5.82 Å². The summed E-state index contributed by atoms with van der Waals surface area (Å²) in [7, 11) is 0. The van der Waals surface area contributed by atoms with Crippen LogP contribution in [0.4, 0.5) is 4.39 Å². The Bertz CT molecular complexity index is 1090. The predicted molar refractivity (Wildman–Crippen MR) is 99.6 cm³/mol. The van der Waals surface area contributed by atoms with Crippen LogP contribution in [0.5, 0.6) is 0 Å². The fourth-order valence-corrected chi connectivity index (χ4v) is 3.03. The molecule has 1 amide bonds. The number of benzene rings is 2. The lowest BCUT2D eigenvalue weighted by atomic mass is 10.1. The molecule has 1 aromatic heterocycles. The summed E-state index contributed by atoms with van der Waals surface area (Å²) >= 11 is 3.11. The molecule has 0 saturated heterocycles. The Labute approximate surface area is 155 Å². The monoisotopic (exact) mass is 419 g/mol. The number of nitrogens with zero attached hydrogens (tertiary/aromatic N) is 1. The third-order valence-corrected chi connectivity index (χ3v) is 4.51. The first-order chi connectivity index (χ1) is 12.5. The Kier molecular flexibility index (Phi) is 5.32. The number of rotatable bonds is 5. The second-order valence-electron chi connectivity index (χ2n) is 5.73. The average Bonchev–Trinajstić information content (AvgIpc) is 2.62. The SMILES string of the molecule is O=C(Cn1[nH]c(=O)c2ccccc2c1=O)NCCc1ccc(F)c(Br)c1. The molecule has 0 aliphatic heterocycles. The average molecular weight is 420 g/mol. The predicted octanol–water partition coefficient (Wildman–Crippen LogP) is 1.95. The van der Waals surface area contributed by atoms with Crippen LogP contribution >= 0.6 is 15.9 Å². The minimum absolute atomic E-state index is 0.264. The van der Waals surface area contributed by atoms with Gasteiger partial charge in [-0.1, -0.05) is 18.2 Å². The van der Waals surface area contributed by atoms with E-state index in [1.54, 1.807) is 36.4 Å². The van der Waals surface area contributed by atoms with Crippen molar-refractivity contribution in [2.45, 2.75) is 13.0 Å². The van der Waals surface area contributed by atoms with Crippen LogP contribution < -0.4 is 16.4 Å². The van der Waals surface area contributed by atoms with Crippen molar-refractivity contribution in [1.82, 2.24) is 15.1 Å². The fraction of sp³-hybridized carbons (Fsp3) is 0.167. The van der Waals surface area contributed by atoms with Crippen molar-refractivity contribution in [1.29, 1.82) is 0 Å². The molecule has 0 aliphatic rings. The molecule has 2 aromatic carbocycles. The van der Waals surface area contributed by atoms with E-state index >= 15 is 0 Å². The maximum atomic E-state index is 13.2. The number of H-pyrrole nitrogens is 1. The van der Waals surface area contributed by atoms with Crippen molar-refractivity contribution in [3.05, 3.63) is 79.0 Å². The fourth-order valence-electron chi connectivity index (χ4n) is 2.60. The van der Waals surface area contributed by atoms with Crippen LogP contribution in [0.2, 0.25) is 0 Å². The van der Waals surface area contributed by atoms with Gasteiger partial charge in [-0.05, 0) is 52.2 Å². The largest absolute Gasteiger partial charge is 0.354 e. The van der Waals surface area contributed by atoms with Crippen molar-refractivity contribution < 1.29 is 9.18 Å². The van der Waals surface area contributed by atoms with Gasteiger partial charge in [0.1, 0.15) is 12.4 Å². The maximum absolute atomic E-state index is 13.2. The summed E-state index contributed by atoms with van der Waals surface area (Å²) in [5.41, 5.74) is -0.00293. The molecule has 0 fully saturated rings. The maximum Gasteiger partial charge on any atom is 0.273 e. The molecule has 3 rings (SSSR count). The third-order valence-electron chi connectivity index (χ3n) is 3.91. The van der Waals surface area contributed by atoms with Gasteiger partial charge in [0.15, 0.2) is 0 Å². The van der Waals surface area contributed by atoms with E-state index in [1.165, 1.54) is 6.07 Å². The molecule has 1 heterocycles. The zero-order chi connectivity index (χ0) is 18.7. The first-order valence-electron chi connectivity index (χ1n) is 7.88. The molecule has 134 valence electrons. The summed E-state index contributed by atoms with van der Waals surface area (Å²) in [6.07, 6.45) is 0.508. The van der Waals surface area contributed by atoms with E-state index in [0.717, 1.165) is 10.2 Å². The standard InChI is InChI=1S/C18H15BrFN3O3/c19-14-9-11(5-6-15(14)20)7-8-21-16(24)10-23-18(26)13-4-2-1-3-12(13)17(25)22-23/h1-6,9H,7-8,10H2,(H,21,24)(H,22,25). The second kappa shape index (κ2) is 7.65. The number of nitrogens with one attached hydrogen (secondary N) is 2. The Hall–Kier alpha value is -2.74. The van der Waals surface area contributed by atoms with E-state index in [-0.39, 0.29) is 23.1 Å². The van der Waals surface area contributed by atoms with Gasteiger partial charge < -0.3 is 5.32 Å². The van der Waals surface area contributed by atoms with Crippen LogP contribution in [0.3, 0.4) is 0 Å². The van der Waals surface area contributed by atoms with Crippen molar-refractivity contribution >= 4 is 32.6 Å². The summed E-state index contributed by atoms with van der Waals surface area (Å²) in [6, 6.07) is 11.1.